The molecule has 2 amide bonds. The quantitative estimate of drug-likeness (QED) is 0.743. The van der Waals surface area contributed by atoms with E-state index in [0.29, 0.717) is 25.9 Å². The molecule has 2 fully saturated rings. The average Bonchev–Trinajstić information content (AvgIpc) is 3.02. The number of hydrogen-bond acceptors (Lipinski definition) is 3. The van der Waals surface area contributed by atoms with Crippen LogP contribution in [0.25, 0.3) is 0 Å². The Morgan fingerprint density at radius 1 is 1.25 bits per heavy atom. The third-order valence-electron chi connectivity index (χ3n) is 4.56. The van der Waals surface area contributed by atoms with Gasteiger partial charge in [-0.2, -0.15) is 0 Å². The molecule has 2 heterocycles. The Kier molecular flexibility index (Phi) is 3.23. The molecule has 0 aromatic rings. The average molecular weight is 278 g/mol. The van der Waals surface area contributed by atoms with Gasteiger partial charge in [0.1, 0.15) is 6.54 Å². The Morgan fingerprint density at radius 2 is 1.95 bits per heavy atom. The number of aliphatic carboxylic acids is 1. The molecule has 6 heteroatoms. The number of carboxylic acids is 1. The smallest absolute Gasteiger partial charge is 0.306 e. The number of likely N-dealkylation sites (tertiary alicyclic amines) is 2. The van der Waals surface area contributed by atoms with Crippen molar-refractivity contribution in [2.45, 2.75) is 25.3 Å². The van der Waals surface area contributed by atoms with Gasteiger partial charge in [0.2, 0.25) is 11.8 Å². The number of carbonyl (C=O) groups is 3. The van der Waals surface area contributed by atoms with Crippen LogP contribution < -0.4 is 0 Å². The summed E-state index contributed by atoms with van der Waals surface area (Å²) >= 11 is 0. The molecule has 2 atom stereocenters. The second-order valence-electron chi connectivity index (χ2n) is 5.75. The fourth-order valence-corrected chi connectivity index (χ4v) is 3.29. The van der Waals surface area contributed by atoms with Crippen molar-refractivity contribution in [3.05, 3.63) is 12.2 Å². The van der Waals surface area contributed by atoms with Crippen molar-refractivity contribution in [3.63, 3.8) is 0 Å². The number of hydrogen-bond donors (Lipinski definition) is 1. The first-order chi connectivity index (χ1) is 9.56. The number of amides is 2. The first-order valence-corrected chi connectivity index (χ1v) is 7.05. The molecule has 0 aromatic heterocycles. The van der Waals surface area contributed by atoms with Crippen LogP contribution in [0.15, 0.2) is 12.2 Å². The normalized spacial score (nSPS) is 29.3. The number of carbonyl (C=O) groups excluding carboxylic acids is 2. The second-order valence-corrected chi connectivity index (χ2v) is 5.75. The first-order valence-electron chi connectivity index (χ1n) is 7.05. The third-order valence-corrected chi connectivity index (χ3v) is 4.56. The van der Waals surface area contributed by atoms with E-state index in [0.717, 1.165) is 6.42 Å². The van der Waals surface area contributed by atoms with Crippen molar-refractivity contribution in [2.75, 3.05) is 19.6 Å². The molecule has 3 rings (SSSR count). The molecule has 0 saturated carbocycles. The number of carboxylic acid groups (broad SMARTS) is 1. The van der Waals surface area contributed by atoms with Crippen LogP contribution in [0, 0.1) is 11.8 Å². The number of rotatable bonds is 3. The fraction of sp³-hybridized carbons (Fsp3) is 0.643. The highest BCUT2D eigenvalue weighted by atomic mass is 16.4. The van der Waals surface area contributed by atoms with Gasteiger partial charge in [-0.3, -0.25) is 14.4 Å². The Hall–Kier alpha value is -1.85. The van der Waals surface area contributed by atoms with Crippen LogP contribution in [0.5, 0.6) is 0 Å². The maximum atomic E-state index is 12.2. The maximum absolute atomic E-state index is 12.2. The van der Waals surface area contributed by atoms with Gasteiger partial charge >= 0.3 is 5.97 Å². The monoisotopic (exact) mass is 278 g/mol. The molecule has 108 valence electrons. The Morgan fingerprint density at radius 3 is 2.50 bits per heavy atom. The van der Waals surface area contributed by atoms with E-state index in [1.807, 2.05) is 12.2 Å². The minimum absolute atomic E-state index is 0.0365. The summed E-state index contributed by atoms with van der Waals surface area (Å²) in [5.41, 5.74) is 0. The fourth-order valence-electron chi connectivity index (χ4n) is 3.29. The zero-order chi connectivity index (χ0) is 14.3. The molecule has 0 spiro atoms. The molecule has 0 radical (unpaired) electrons. The molecule has 2 bridgehead atoms. The van der Waals surface area contributed by atoms with Gasteiger partial charge < -0.3 is 14.9 Å². The molecule has 1 N–H and O–H groups in total. The van der Waals surface area contributed by atoms with Crippen LogP contribution in [-0.4, -0.2) is 58.4 Å². The van der Waals surface area contributed by atoms with Gasteiger partial charge in [0.05, 0.1) is 17.9 Å². The molecule has 6 nitrogen and oxygen atoms in total. The van der Waals surface area contributed by atoms with Gasteiger partial charge in [0.15, 0.2) is 0 Å². The van der Waals surface area contributed by atoms with E-state index in [1.54, 1.807) is 9.80 Å². The summed E-state index contributed by atoms with van der Waals surface area (Å²) in [6.07, 6.45) is 5.72. The highest BCUT2D eigenvalue weighted by Gasteiger charge is 2.42. The van der Waals surface area contributed by atoms with E-state index in [4.69, 9.17) is 5.11 Å². The van der Waals surface area contributed by atoms with Crippen LogP contribution in [0.3, 0.4) is 0 Å². The highest BCUT2D eigenvalue weighted by Crippen LogP contribution is 2.32. The second kappa shape index (κ2) is 4.92. The minimum Gasteiger partial charge on any atom is -0.481 e. The highest BCUT2D eigenvalue weighted by molar-refractivity contribution is 5.90. The maximum Gasteiger partial charge on any atom is 0.306 e. The Labute approximate surface area is 117 Å². The Balaban J connectivity index is 1.54. The number of fused-ring (bicyclic) bond motifs is 2. The molecule has 3 aliphatic rings. The topological polar surface area (TPSA) is 77.9 Å². The summed E-state index contributed by atoms with van der Waals surface area (Å²) in [5.74, 6) is -1.18. The van der Waals surface area contributed by atoms with Crippen molar-refractivity contribution in [1.82, 2.24) is 9.80 Å². The van der Waals surface area contributed by atoms with E-state index in [1.165, 1.54) is 0 Å². The Bertz CT molecular complexity index is 480. The summed E-state index contributed by atoms with van der Waals surface area (Å²) in [7, 11) is 0. The van der Waals surface area contributed by atoms with Crippen molar-refractivity contribution in [3.8, 4) is 0 Å². The van der Waals surface area contributed by atoms with E-state index in [9.17, 15) is 14.4 Å². The zero-order valence-electron chi connectivity index (χ0n) is 11.2. The molecule has 2 aliphatic heterocycles. The van der Waals surface area contributed by atoms with Crippen LogP contribution in [-0.2, 0) is 14.4 Å². The SMILES string of the molecule is O=C(O)C1CCN(C(=O)CN2C(=O)C3C=CC2C3)CC1. The van der Waals surface area contributed by atoms with Crippen molar-refractivity contribution in [2.24, 2.45) is 11.8 Å². The van der Waals surface area contributed by atoms with Crippen molar-refractivity contribution >= 4 is 17.8 Å². The van der Waals surface area contributed by atoms with Crippen LogP contribution in [0.2, 0.25) is 0 Å². The van der Waals surface area contributed by atoms with Gasteiger partial charge in [-0.05, 0) is 19.3 Å². The lowest BCUT2D eigenvalue weighted by molar-refractivity contribution is -0.146. The number of nitrogens with zero attached hydrogens (tertiary/aromatic N) is 2. The van der Waals surface area contributed by atoms with E-state index in [2.05, 4.69) is 0 Å². The molecule has 1 aliphatic carbocycles. The van der Waals surface area contributed by atoms with E-state index < -0.39 is 5.97 Å². The largest absolute Gasteiger partial charge is 0.481 e. The molecule has 2 saturated heterocycles. The first kappa shape index (κ1) is 13.1. The molecule has 20 heavy (non-hydrogen) atoms. The summed E-state index contributed by atoms with van der Waals surface area (Å²) in [5, 5.41) is 8.94. The van der Waals surface area contributed by atoms with Gasteiger partial charge in [-0.25, -0.2) is 0 Å². The van der Waals surface area contributed by atoms with E-state index >= 15 is 0 Å². The van der Waals surface area contributed by atoms with Gasteiger partial charge in [0.25, 0.3) is 0 Å². The zero-order valence-corrected chi connectivity index (χ0v) is 11.2. The summed E-state index contributed by atoms with van der Waals surface area (Å²) in [6.45, 7) is 1.08. The summed E-state index contributed by atoms with van der Waals surface area (Å²) in [6, 6.07) is 0.0769. The molecule has 0 aromatic carbocycles. The lowest BCUT2D eigenvalue weighted by Gasteiger charge is -2.32. The van der Waals surface area contributed by atoms with Crippen LogP contribution in [0.1, 0.15) is 19.3 Å². The predicted octanol–water partition coefficient (Wildman–Crippen LogP) is 0.0965. The van der Waals surface area contributed by atoms with Gasteiger partial charge in [0, 0.05) is 13.1 Å². The van der Waals surface area contributed by atoms with Crippen LogP contribution >= 0.6 is 0 Å². The minimum atomic E-state index is -0.783. The van der Waals surface area contributed by atoms with Crippen LogP contribution in [0.4, 0.5) is 0 Å². The lowest BCUT2D eigenvalue weighted by Crippen LogP contribution is -2.47. The standard InChI is InChI=1S/C14H18N2O4/c17-12(15-5-3-9(4-6-15)14(19)20)8-16-11-2-1-10(7-11)13(16)18/h1-2,9-11H,3-8H2,(H,19,20). The van der Waals surface area contributed by atoms with Crippen molar-refractivity contribution < 1.29 is 19.5 Å². The summed E-state index contributed by atoms with van der Waals surface area (Å²) in [4.78, 5) is 38.4. The van der Waals surface area contributed by atoms with Gasteiger partial charge in [-0.1, -0.05) is 12.2 Å². The number of piperidine rings is 1. The van der Waals surface area contributed by atoms with Crippen molar-refractivity contribution in [1.29, 1.82) is 0 Å². The summed E-state index contributed by atoms with van der Waals surface area (Å²) < 4.78 is 0. The third kappa shape index (κ3) is 2.19. The van der Waals surface area contributed by atoms with Gasteiger partial charge in [-0.15, -0.1) is 0 Å². The predicted molar refractivity (Wildman–Crippen MR) is 69.7 cm³/mol. The molecule has 2 unspecified atom stereocenters. The molecular weight excluding hydrogens is 260 g/mol. The molecular formula is C14H18N2O4. The van der Waals surface area contributed by atoms with E-state index in [-0.39, 0.29) is 36.2 Å². The lowest BCUT2D eigenvalue weighted by atomic mass is 9.97.